The molecule has 1 aromatic carbocycles. The van der Waals surface area contributed by atoms with Crippen LogP contribution in [0.3, 0.4) is 0 Å². The molecule has 0 N–H and O–H groups in total. The quantitative estimate of drug-likeness (QED) is 0.592. The summed E-state index contributed by atoms with van der Waals surface area (Å²) in [6, 6.07) is 8.36. The lowest BCUT2D eigenvalue weighted by molar-refractivity contribution is 0.910. The van der Waals surface area contributed by atoms with Crippen LogP contribution < -0.4 is 0 Å². The number of thiol groups is 1. The fraction of sp³-hybridized carbons (Fsp3) is 0.333. The van der Waals surface area contributed by atoms with Crippen molar-refractivity contribution in [2.75, 3.05) is 0 Å². The summed E-state index contributed by atoms with van der Waals surface area (Å²) < 4.78 is -0.0589. The van der Waals surface area contributed by atoms with Crippen molar-refractivity contribution in [1.29, 1.82) is 0 Å². The van der Waals surface area contributed by atoms with Crippen LogP contribution in [0.5, 0.6) is 0 Å². The molecule has 70 valence electrons. The molecule has 0 saturated carbocycles. The first-order chi connectivity index (χ1) is 6.20. The molecule has 2 rings (SSSR count). The van der Waals surface area contributed by atoms with Gasteiger partial charge in [0.15, 0.2) is 0 Å². The average Bonchev–Trinajstić information content (AvgIpc) is 2.47. The fourth-order valence-corrected chi connectivity index (χ4v) is 1.72. The van der Waals surface area contributed by atoms with Gasteiger partial charge < -0.3 is 0 Å². The number of fused-ring (bicyclic) bond motifs is 1. The van der Waals surface area contributed by atoms with Gasteiger partial charge in [-0.25, -0.2) is 0 Å². The van der Waals surface area contributed by atoms with E-state index in [1.807, 2.05) is 13.8 Å². The second-order valence-corrected chi connectivity index (χ2v) is 4.00. The van der Waals surface area contributed by atoms with E-state index >= 15 is 0 Å². The van der Waals surface area contributed by atoms with Gasteiger partial charge in [-0.1, -0.05) is 50.3 Å². The topological polar surface area (TPSA) is 0 Å². The third-order valence-electron chi connectivity index (χ3n) is 2.09. The number of hydrogen-bond donors (Lipinski definition) is 1. The van der Waals surface area contributed by atoms with Crippen molar-refractivity contribution >= 4 is 18.7 Å². The summed E-state index contributed by atoms with van der Waals surface area (Å²) in [5.74, 6) is 0. The van der Waals surface area contributed by atoms with Crippen molar-refractivity contribution in [3.63, 3.8) is 0 Å². The Morgan fingerprint density at radius 3 is 2.38 bits per heavy atom. The summed E-state index contributed by atoms with van der Waals surface area (Å²) in [5, 5.41) is 0. The number of rotatable bonds is 0. The molecule has 0 fully saturated rings. The first kappa shape index (κ1) is 10.4. The summed E-state index contributed by atoms with van der Waals surface area (Å²) in [4.78, 5) is 0. The first-order valence-electron chi connectivity index (χ1n) is 4.71. The Labute approximate surface area is 86.1 Å². The highest BCUT2D eigenvalue weighted by Crippen LogP contribution is 2.38. The zero-order valence-electron chi connectivity index (χ0n) is 8.41. The SMILES string of the molecule is CC.CC1(S)C=Cc2ccccc21. The molecule has 1 heteroatoms. The van der Waals surface area contributed by atoms with Gasteiger partial charge in [0.25, 0.3) is 0 Å². The van der Waals surface area contributed by atoms with E-state index in [2.05, 4.69) is 56.0 Å². The molecule has 13 heavy (non-hydrogen) atoms. The van der Waals surface area contributed by atoms with E-state index < -0.39 is 0 Å². The van der Waals surface area contributed by atoms with E-state index in [9.17, 15) is 0 Å². The van der Waals surface area contributed by atoms with Crippen LogP contribution >= 0.6 is 12.6 Å². The summed E-state index contributed by atoms with van der Waals surface area (Å²) in [7, 11) is 0. The van der Waals surface area contributed by atoms with Crippen LogP contribution in [-0.4, -0.2) is 0 Å². The van der Waals surface area contributed by atoms with Crippen molar-refractivity contribution in [3.05, 3.63) is 41.5 Å². The van der Waals surface area contributed by atoms with E-state index in [1.165, 1.54) is 11.1 Å². The smallest absolute Gasteiger partial charge is 0.0538 e. The largest absolute Gasteiger partial charge is 0.164 e. The van der Waals surface area contributed by atoms with Crippen molar-refractivity contribution in [2.24, 2.45) is 0 Å². The average molecular weight is 192 g/mol. The molecule has 0 spiro atoms. The van der Waals surface area contributed by atoms with Gasteiger partial charge in [-0.05, 0) is 18.1 Å². The second-order valence-electron chi connectivity index (χ2n) is 3.07. The molecule has 1 atom stereocenters. The summed E-state index contributed by atoms with van der Waals surface area (Å²) in [5.41, 5.74) is 2.60. The molecule has 0 aromatic heterocycles. The van der Waals surface area contributed by atoms with Gasteiger partial charge in [0.05, 0.1) is 4.75 Å². The Balaban J connectivity index is 0.000000396. The van der Waals surface area contributed by atoms with E-state index in [-0.39, 0.29) is 4.75 Å². The van der Waals surface area contributed by atoms with Crippen LogP contribution in [0.1, 0.15) is 31.9 Å². The molecule has 0 amide bonds. The lowest BCUT2D eigenvalue weighted by atomic mass is 10.0. The van der Waals surface area contributed by atoms with Crippen LogP contribution in [0.4, 0.5) is 0 Å². The highest BCUT2D eigenvalue weighted by Gasteiger charge is 2.24. The minimum Gasteiger partial charge on any atom is -0.164 e. The van der Waals surface area contributed by atoms with Crippen LogP contribution in [0, 0.1) is 0 Å². The van der Waals surface area contributed by atoms with Gasteiger partial charge in [0.1, 0.15) is 0 Å². The molecule has 0 nitrogen and oxygen atoms in total. The van der Waals surface area contributed by atoms with Crippen LogP contribution in [0.25, 0.3) is 6.08 Å². The van der Waals surface area contributed by atoms with Crippen LogP contribution in [0.15, 0.2) is 30.3 Å². The molecule has 1 aliphatic carbocycles. The van der Waals surface area contributed by atoms with E-state index in [1.54, 1.807) is 0 Å². The maximum absolute atomic E-state index is 4.54. The highest BCUT2D eigenvalue weighted by molar-refractivity contribution is 7.81. The fourth-order valence-electron chi connectivity index (χ4n) is 1.45. The molecule has 0 bridgehead atoms. The highest BCUT2D eigenvalue weighted by atomic mass is 32.1. The predicted octanol–water partition coefficient (Wildman–Crippen LogP) is 3.88. The van der Waals surface area contributed by atoms with Crippen molar-refractivity contribution in [2.45, 2.75) is 25.5 Å². The summed E-state index contributed by atoms with van der Waals surface area (Å²) in [6.07, 6.45) is 4.25. The minimum atomic E-state index is -0.0589. The van der Waals surface area contributed by atoms with Gasteiger partial charge in [-0.15, -0.1) is 0 Å². The Morgan fingerprint density at radius 2 is 1.77 bits per heavy atom. The zero-order valence-corrected chi connectivity index (χ0v) is 9.31. The Hall–Kier alpha value is -0.690. The number of benzene rings is 1. The summed E-state index contributed by atoms with van der Waals surface area (Å²) in [6.45, 7) is 6.11. The Bertz CT molecular complexity index is 311. The van der Waals surface area contributed by atoms with Gasteiger partial charge in [0, 0.05) is 0 Å². The first-order valence-corrected chi connectivity index (χ1v) is 5.16. The van der Waals surface area contributed by atoms with Crippen molar-refractivity contribution in [3.8, 4) is 0 Å². The van der Waals surface area contributed by atoms with Gasteiger partial charge in [-0.3, -0.25) is 0 Å². The van der Waals surface area contributed by atoms with E-state index in [4.69, 9.17) is 0 Å². The minimum absolute atomic E-state index is 0.0589. The Morgan fingerprint density at radius 1 is 1.15 bits per heavy atom. The second kappa shape index (κ2) is 4.01. The molecule has 0 saturated heterocycles. The maximum Gasteiger partial charge on any atom is 0.0538 e. The van der Waals surface area contributed by atoms with Crippen molar-refractivity contribution in [1.82, 2.24) is 0 Å². The molecular formula is C12H16S. The molecule has 1 aromatic rings. The van der Waals surface area contributed by atoms with Crippen LogP contribution in [-0.2, 0) is 4.75 Å². The molecule has 1 unspecified atom stereocenters. The third-order valence-corrected chi connectivity index (χ3v) is 2.48. The molecule has 0 aliphatic heterocycles. The molecule has 1 aliphatic rings. The monoisotopic (exact) mass is 192 g/mol. The van der Waals surface area contributed by atoms with Gasteiger partial charge >= 0.3 is 0 Å². The lowest BCUT2D eigenvalue weighted by Crippen LogP contribution is -2.06. The predicted molar refractivity (Wildman–Crippen MR) is 63.2 cm³/mol. The van der Waals surface area contributed by atoms with Crippen LogP contribution in [0.2, 0.25) is 0 Å². The third kappa shape index (κ3) is 1.97. The molecule has 0 heterocycles. The number of hydrogen-bond acceptors (Lipinski definition) is 1. The maximum atomic E-state index is 4.54. The van der Waals surface area contributed by atoms with E-state index in [0.717, 1.165) is 0 Å². The normalized spacial score (nSPS) is 23.4. The van der Waals surface area contributed by atoms with Gasteiger partial charge in [-0.2, -0.15) is 12.6 Å². The lowest BCUT2D eigenvalue weighted by Gasteiger charge is -2.15. The molecular weight excluding hydrogens is 176 g/mol. The standard InChI is InChI=1S/C10H10S.C2H6/c1-10(11)7-6-8-4-2-3-5-9(8)10;1-2/h2-7,11H,1H3;1-2H3. The van der Waals surface area contributed by atoms with Crippen molar-refractivity contribution < 1.29 is 0 Å². The molecule has 0 radical (unpaired) electrons. The zero-order chi connectivity index (χ0) is 9.90. The summed E-state index contributed by atoms with van der Waals surface area (Å²) >= 11 is 4.54. The van der Waals surface area contributed by atoms with E-state index in [0.29, 0.717) is 0 Å². The Kier molecular flexibility index (Phi) is 3.21. The van der Waals surface area contributed by atoms with Gasteiger partial charge in [0.2, 0.25) is 0 Å².